The first-order chi connectivity index (χ1) is 14.0. The van der Waals surface area contributed by atoms with E-state index in [1.54, 1.807) is 25.1 Å². The molecule has 0 saturated heterocycles. The summed E-state index contributed by atoms with van der Waals surface area (Å²) in [6.45, 7) is 1.98. The van der Waals surface area contributed by atoms with Gasteiger partial charge in [-0.05, 0) is 30.7 Å². The molecule has 29 heavy (non-hydrogen) atoms. The van der Waals surface area contributed by atoms with Crippen molar-refractivity contribution < 1.29 is 4.79 Å². The molecule has 8 nitrogen and oxygen atoms in total. The van der Waals surface area contributed by atoms with Crippen molar-refractivity contribution in [1.29, 1.82) is 5.26 Å². The molecule has 8 heteroatoms. The lowest BCUT2D eigenvalue weighted by atomic mass is 10.1. The van der Waals surface area contributed by atoms with Gasteiger partial charge >= 0.3 is 5.69 Å². The average molecular weight is 389 g/mol. The smallest absolute Gasteiger partial charge is 0.330 e. The van der Waals surface area contributed by atoms with Crippen LogP contribution in [0.3, 0.4) is 0 Å². The highest BCUT2D eigenvalue weighted by Crippen LogP contribution is 2.20. The van der Waals surface area contributed by atoms with E-state index in [2.05, 4.69) is 4.98 Å². The van der Waals surface area contributed by atoms with E-state index in [1.165, 1.54) is 15.5 Å². The fraction of sp³-hybridized carbons (Fsp3) is 0.143. The number of benzene rings is 2. The van der Waals surface area contributed by atoms with Crippen LogP contribution in [0.2, 0.25) is 0 Å². The number of carbonyl (C=O) groups excluding carboxylic acids is 1. The number of nitrogens with one attached hydrogen (secondary N) is 1. The Kier molecular flexibility index (Phi) is 5.60. The number of carbonyl (C=O) groups is 1. The Hall–Kier alpha value is -4.12. The molecule has 2 aromatic carbocycles. The van der Waals surface area contributed by atoms with Gasteiger partial charge in [0, 0.05) is 12.1 Å². The van der Waals surface area contributed by atoms with Crippen LogP contribution in [0.1, 0.15) is 28.4 Å². The summed E-state index contributed by atoms with van der Waals surface area (Å²) in [5, 5.41) is 9.06. The third-order valence-electron chi connectivity index (χ3n) is 4.47. The van der Waals surface area contributed by atoms with Gasteiger partial charge in [0.2, 0.25) is 0 Å². The number of nitriles is 1. The number of amides is 1. The third-order valence-corrected chi connectivity index (χ3v) is 4.47. The molecule has 1 heterocycles. The van der Waals surface area contributed by atoms with Gasteiger partial charge in [-0.1, -0.05) is 36.4 Å². The highest BCUT2D eigenvalue weighted by atomic mass is 16.2. The molecule has 3 aromatic rings. The minimum Gasteiger partial charge on any atom is -0.383 e. The number of hydrogen-bond acceptors (Lipinski definition) is 5. The molecule has 0 aliphatic rings. The van der Waals surface area contributed by atoms with Crippen molar-refractivity contribution in [1.82, 2.24) is 9.55 Å². The quantitative estimate of drug-likeness (QED) is 0.687. The molecule has 0 radical (unpaired) electrons. The van der Waals surface area contributed by atoms with Crippen LogP contribution in [0.25, 0.3) is 0 Å². The molecule has 1 amide bonds. The Bertz CT molecular complexity index is 1210. The fourth-order valence-electron chi connectivity index (χ4n) is 3.04. The van der Waals surface area contributed by atoms with Gasteiger partial charge in [-0.25, -0.2) is 4.79 Å². The minimum absolute atomic E-state index is 0.101. The molecule has 1 aromatic heterocycles. The van der Waals surface area contributed by atoms with Gasteiger partial charge in [-0.15, -0.1) is 0 Å². The zero-order chi connectivity index (χ0) is 21.0. The lowest BCUT2D eigenvalue weighted by molar-refractivity contribution is 0.0988. The first-order valence-corrected chi connectivity index (χ1v) is 8.94. The number of hydrogen-bond donors (Lipinski definition) is 2. The Morgan fingerprint density at radius 2 is 1.90 bits per heavy atom. The van der Waals surface area contributed by atoms with Crippen LogP contribution in [-0.4, -0.2) is 22.0 Å². The van der Waals surface area contributed by atoms with E-state index in [9.17, 15) is 14.4 Å². The van der Waals surface area contributed by atoms with Crippen molar-refractivity contribution in [2.45, 2.75) is 13.5 Å². The summed E-state index contributed by atoms with van der Waals surface area (Å²) < 4.78 is 1.22. The standard InChI is InChI=1S/C21H19N5O3/c1-2-25(20(28)16-10-6-9-15(11-16)12-22)17-18(23)26(21(29)24-19(17)27)13-14-7-4-3-5-8-14/h3-11H,2,13,23H2,1H3,(H,24,27,29). The minimum atomic E-state index is -0.747. The summed E-state index contributed by atoms with van der Waals surface area (Å²) in [6.07, 6.45) is 0. The van der Waals surface area contributed by atoms with Crippen molar-refractivity contribution in [3.05, 3.63) is 92.1 Å². The van der Waals surface area contributed by atoms with Crippen LogP contribution < -0.4 is 21.9 Å². The number of aromatic nitrogens is 2. The molecule has 0 fully saturated rings. The molecular formula is C21H19N5O3. The lowest BCUT2D eigenvalue weighted by Crippen LogP contribution is -2.41. The monoisotopic (exact) mass is 389 g/mol. The first kappa shape index (κ1) is 19.6. The van der Waals surface area contributed by atoms with E-state index in [-0.39, 0.29) is 30.2 Å². The zero-order valence-electron chi connectivity index (χ0n) is 15.8. The van der Waals surface area contributed by atoms with E-state index in [1.807, 2.05) is 36.4 Å². The normalized spacial score (nSPS) is 10.3. The second-order valence-corrected chi connectivity index (χ2v) is 6.31. The summed E-state index contributed by atoms with van der Waals surface area (Å²) in [6, 6.07) is 17.3. The SMILES string of the molecule is CCN(C(=O)c1cccc(C#N)c1)c1c(N)n(Cc2ccccc2)c(=O)[nH]c1=O. The second-order valence-electron chi connectivity index (χ2n) is 6.31. The number of rotatable bonds is 5. The maximum atomic E-state index is 13.0. The summed E-state index contributed by atoms with van der Waals surface area (Å²) in [4.78, 5) is 41.3. The van der Waals surface area contributed by atoms with Gasteiger partial charge in [0.15, 0.2) is 5.69 Å². The Morgan fingerprint density at radius 1 is 1.17 bits per heavy atom. The highest BCUT2D eigenvalue weighted by Gasteiger charge is 2.24. The molecule has 146 valence electrons. The van der Waals surface area contributed by atoms with Gasteiger partial charge in [-0.2, -0.15) is 5.26 Å². The molecule has 0 aliphatic carbocycles. The van der Waals surface area contributed by atoms with Crippen molar-refractivity contribution in [2.24, 2.45) is 0 Å². The van der Waals surface area contributed by atoms with E-state index >= 15 is 0 Å². The Morgan fingerprint density at radius 3 is 2.55 bits per heavy atom. The van der Waals surface area contributed by atoms with E-state index in [0.717, 1.165) is 5.56 Å². The maximum Gasteiger partial charge on any atom is 0.330 e. The molecule has 0 saturated carbocycles. The fourth-order valence-corrected chi connectivity index (χ4v) is 3.04. The van der Waals surface area contributed by atoms with Crippen LogP contribution >= 0.6 is 0 Å². The van der Waals surface area contributed by atoms with Crippen molar-refractivity contribution >= 4 is 17.4 Å². The molecule has 0 spiro atoms. The number of H-pyrrole nitrogens is 1. The van der Waals surface area contributed by atoms with E-state index in [4.69, 9.17) is 11.0 Å². The topological polar surface area (TPSA) is 125 Å². The number of aromatic amines is 1. The number of nitrogens with two attached hydrogens (primary N) is 1. The zero-order valence-corrected chi connectivity index (χ0v) is 15.8. The second kappa shape index (κ2) is 8.27. The molecular weight excluding hydrogens is 370 g/mol. The summed E-state index contributed by atoms with van der Waals surface area (Å²) in [5.74, 6) is -0.596. The van der Waals surface area contributed by atoms with Crippen LogP contribution in [0.15, 0.2) is 64.2 Å². The molecule has 0 atom stereocenters. The molecule has 0 bridgehead atoms. The van der Waals surface area contributed by atoms with Gasteiger partial charge in [-0.3, -0.25) is 19.1 Å². The highest BCUT2D eigenvalue weighted by molar-refractivity contribution is 6.07. The average Bonchev–Trinajstić information content (AvgIpc) is 2.74. The van der Waals surface area contributed by atoms with Crippen LogP contribution in [-0.2, 0) is 6.54 Å². The van der Waals surface area contributed by atoms with Gasteiger partial charge in [0.05, 0.1) is 18.2 Å². The maximum absolute atomic E-state index is 13.0. The third kappa shape index (κ3) is 3.94. The summed E-state index contributed by atoms with van der Waals surface area (Å²) in [7, 11) is 0. The molecule has 3 N–H and O–H groups in total. The van der Waals surface area contributed by atoms with Crippen molar-refractivity contribution in [2.75, 3.05) is 17.2 Å². The summed E-state index contributed by atoms with van der Waals surface area (Å²) in [5.41, 5.74) is 6.05. The number of nitrogen functional groups attached to an aromatic ring is 1. The first-order valence-electron chi connectivity index (χ1n) is 8.94. The van der Waals surface area contributed by atoms with Gasteiger partial charge < -0.3 is 10.6 Å². The Balaban J connectivity index is 2.09. The van der Waals surface area contributed by atoms with Gasteiger partial charge in [0.1, 0.15) is 5.82 Å². The number of nitrogens with zero attached hydrogens (tertiary/aromatic N) is 3. The van der Waals surface area contributed by atoms with Crippen molar-refractivity contribution in [3.8, 4) is 6.07 Å². The predicted molar refractivity (Wildman–Crippen MR) is 110 cm³/mol. The predicted octanol–water partition coefficient (Wildman–Crippen LogP) is 1.71. The van der Waals surface area contributed by atoms with Crippen LogP contribution in [0.5, 0.6) is 0 Å². The molecule has 0 unspecified atom stereocenters. The van der Waals surface area contributed by atoms with E-state index in [0.29, 0.717) is 5.56 Å². The summed E-state index contributed by atoms with van der Waals surface area (Å²) >= 11 is 0. The molecule has 3 rings (SSSR count). The Labute approximate surface area is 166 Å². The van der Waals surface area contributed by atoms with Crippen LogP contribution in [0.4, 0.5) is 11.5 Å². The van der Waals surface area contributed by atoms with E-state index < -0.39 is 17.2 Å². The largest absolute Gasteiger partial charge is 0.383 e. The lowest BCUT2D eigenvalue weighted by Gasteiger charge is -2.23. The molecule has 0 aliphatic heterocycles. The van der Waals surface area contributed by atoms with Gasteiger partial charge in [0.25, 0.3) is 11.5 Å². The number of anilines is 2. The van der Waals surface area contributed by atoms with Crippen molar-refractivity contribution in [3.63, 3.8) is 0 Å². The van der Waals surface area contributed by atoms with Crippen LogP contribution in [0, 0.1) is 11.3 Å².